The van der Waals surface area contributed by atoms with Crippen molar-refractivity contribution in [2.45, 2.75) is 59.3 Å². The third kappa shape index (κ3) is 4.66. The SMILES string of the molecule is CCCc1c2nc(c(CCC)c3ccc([nH]3)c(-c3ccccc3O)c3ccc([nH]3)c(CCC)c3nc1C=C3)C=C2. The van der Waals surface area contributed by atoms with Gasteiger partial charge in [0.05, 0.1) is 22.8 Å². The lowest BCUT2D eigenvalue weighted by Gasteiger charge is -2.06. The van der Waals surface area contributed by atoms with Crippen LogP contribution in [0.25, 0.3) is 57.5 Å². The van der Waals surface area contributed by atoms with E-state index in [1.54, 1.807) is 6.07 Å². The van der Waals surface area contributed by atoms with Crippen molar-refractivity contribution in [1.29, 1.82) is 0 Å². The minimum Gasteiger partial charge on any atom is -0.507 e. The van der Waals surface area contributed by atoms with E-state index in [4.69, 9.17) is 9.97 Å². The summed E-state index contributed by atoms with van der Waals surface area (Å²) in [6.45, 7) is 6.62. The molecule has 0 fully saturated rings. The average Bonchev–Trinajstić information content (AvgIpc) is 3.78. The number of para-hydroxylation sites is 1. The summed E-state index contributed by atoms with van der Waals surface area (Å²) in [5.41, 5.74) is 13.3. The quantitative estimate of drug-likeness (QED) is 0.194. The van der Waals surface area contributed by atoms with Crippen LogP contribution in [0.1, 0.15) is 79.5 Å². The molecule has 3 N–H and O–H groups in total. The molecule has 202 valence electrons. The topological polar surface area (TPSA) is 77.6 Å². The Bertz CT molecular complexity index is 1700. The lowest BCUT2D eigenvalue weighted by Crippen LogP contribution is -1.95. The molecule has 2 aliphatic heterocycles. The van der Waals surface area contributed by atoms with Gasteiger partial charge in [-0.15, -0.1) is 0 Å². The molecule has 8 bridgehead atoms. The lowest BCUT2D eigenvalue weighted by atomic mass is 10.0. The molecular formula is C35H36N4O. The summed E-state index contributed by atoms with van der Waals surface area (Å²) in [6.07, 6.45) is 14.4. The Morgan fingerprint density at radius 3 is 1.45 bits per heavy atom. The summed E-state index contributed by atoms with van der Waals surface area (Å²) in [6, 6.07) is 16.1. The van der Waals surface area contributed by atoms with Crippen molar-refractivity contribution in [3.05, 3.63) is 88.0 Å². The van der Waals surface area contributed by atoms with Gasteiger partial charge in [0.2, 0.25) is 0 Å². The van der Waals surface area contributed by atoms with Gasteiger partial charge in [-0.05, 0) is 73.9 Å². The van der Waals surface area contributed by atoms with Crippen molar-refractivity contribution in [3.63, 3.8) is 0 Å². The second kappa shape index (κ2) is 11.0. The number of aromatic nitrogens is 4. The molecule has 1 aromatic carbocycles. The summed E-state index contributed by atoms with van der Waals surface area (Å²) in [4.78, 5) is 17.8. The molecule has 0 radical (unpaired) electrons. The van der Waals surface area contributed by atoms with Gasteiger partial charge in [-0.2, -0.15) is 0 Å². The van der Waals surface area contributed by atoms with E-state index in [0.29, 0.717) is 0 Å². The highest BCUT2D eigenvalue weighted by atomic mass is 16.3. The zero-order chi connectivity index (χ0) is 27.6. The Hall–Kier alpha value is -4.38. The summed E-state index contributed by atoms with van der Waals surface area (Å²) < 4.78 is 0. The molecule has 0 atom stereocenters. The predicted octanol–water partition coefficient (Wildman–Crippen LogP) is 8.89. The minimum atomic E-state index is 0.249. The number of aryl methyl sites for hydroxylation is 2. The van der Waals surface area contributed by atoms with E-state index in [-0.39, 0.29) is 5.75 Å². The number of hydrogen-bond acceptors (Lipinski definition) is 3. The first-order valence-corrected chi connectivity index (χ1v) is 14.5. The van der Waals surface area contributed by atoms with Crippen LogP contribution in [-0.2, 0) is 19.3 Å². The molecule has 0 unspecified atom stereocenters. The molecule has 5 heterocycles. The molecular weight excluding hydrogens is 492 g/mol. The largest absolute Gasteiger partial charge is 0.507 e. The van der Waals surface area contributed by atoms with Crippen LogP contribution in [0.4, 0.5) is 0 Å². The Kier molecular flexibility index (Phi) is 7.12. The Morgan fingerprint density at radius 2 is 0.975 bits per heavy atom. The van der Waals surface area contributed by atoms with Crippen LogP contribution >= 0.6 is 0 Å². The highest BCUT2D eigenvalue weighted by Crippen LogP contribution is 2.36. The number of phenolic OH excluding ortho intramolecular Hbond substituents is 1. The maximum absolute atomic E-state index is 10.9. The minimum absolute atomic E-state index is 0.249. The fourth-order valence-electron chi connectivity index (χ4n) is 5.89. The van der Waals surface area contributed by atoms with Crippen molar-refractivity contribution in [1.82, 2.24) is 19.9 Å². The molecule has 5 nitrogen and oxygen atoms in total. The van der Waals surface area contributed by atoms with Crippen molar-refractivity contribution < 1.29 is 5.11 Å². The fourth-order valence-corrected chi connectivity index (χ4v) is 5.89. The van der Waals surface area contributed by atoms with Gasteiger partial charge in [-0.3, -0.25) is 0 Å². The van der Waals surface area contributed by atoms with E-state index in [1.807, 2.05) is 18.2 Å². The molecule has 5 heteroatoms. The second-order valence-corrected chi connectivity index (χ2v) is 10.6. The predicted molar refractivity (Wildman–Crippen MR) is 168 cm³/mol. The van der Waals surface area contributed by atoms with Crippen LogP contribution in [0.5, 0.6) is 5.75 Å². The van der Waals surface area contributed by atoms with Crippen molar-refractivity contribution in [3.8, 4) is 16.9 Å². The molecule has 40 heavy (non-hydrogen) atoms. The second-order valence-electron chi connectivity index (χ2n) is 10.6. The first kappa shape index (κ1) is 25.9. The van der Waals surface area contributed by atoms with Crippen molar-refractivity contribution >= 4 is 46.4 Å². The zero-order valence-electron chi connectivity index (χ0n) is 23.5. The van der Waals surface area contributed by atoms with E-state index in [0.717, 1.165) is 94.5 Å². The van der Waals surface area contributed by atoms with Crippen LogP contribution in [0.3, 0.4) is 0 Å². The normalized spacial score (nSPS) is 12.4. The maximum atomic E-state index is 10.9. The summed E-state index contributed by atoms with van der Waals surface area (Å²) >= 11 is 0. The van der Waals surface area contributed by atoms with E-state index in [2.05, 4.69) is 79.3 Å². The molecule has 2 aliphatic rings. The molecule has 0 aliphatic carbocycles. The third-order valence-electron chi connectivity index (χ3n) is 7.75. The van der Waals surface area contributed by atoms with Gasteiger partial charge in [-0.1, -0.05) is 58.2 Å². The van der Waals surface area contributed by atoms with Gasteiger partial charge in [0, 0.05) is 49.9 Å². The smallest absolute Gasteiger partial charge is 0.123 e. The molecule has 6 rings (SSSR count). The monoisotopic (exact) mass is 528 g/mol. The van der Waals surface area contributed by atoms with Gasteiger partial charge in [0.15, 0.2) is 0 Å². The van der Waals surface area contributed by atoms with Crippen LogP contribution in [0, 0.1) is 0 Å². The van der Waals surface area contributed by atoms with Crippen LogP contribution < -0.4 is 0 Å². The van der Waals surface area contributed by atoms with Gasteiger partial charge in [-0.25, -0.2) is 9.97 Å². The molecule has 0 saturated heterocycles. The Morgan fingerprint density at radius 1 is 0.550 bits per heavy atom. The first-order chi connectivity index (χ1) is 19.6. The number of benzene rings is 1. The van der Waals surface area contributed by atoms with Gasteiger partial charge >= 0.3 is 0 Å². The van der Waals surface area contributed by atoms with Crippen LogP contribution in [0.2, 0.25) is 0 Å². The highest BCUT2D eigenvalue weighted by Gasteiger charge is 2.17. The third-order valence-corrected chi connectivity index (χ3v) is 7.75. The molecule has 3 aromatic heterocycles. The van der Waals surface area contributed by atoms with Crippen molar-refractivity contribution in [2.75, 3.05) is 0 Å². The standard InChI is InChI=1S/C35H36N4O/c1-4-9-22-26-14-16-28(36-26)23(10-5-2)30-18-20-32(38-30)35(25-12-7-8-13-34(25)40)33-21-19-31(39-33)24(11-6-3)29-17-15-27(22)37-29/h7-8,12-21,38-40H,4-6,9-11H2,1-3H3. The number of H-pyrrole nitrogens is 2. The van der Waals surface area contributed by atoms with Crippen molar-refractivity contribution in [2.24, 2.45) is 0 Å². The first-order valence-electron chi connectivity index (χ1n) is 14.5. The number of phenols is 1. The molecule has 0 saturated carbocycles. The number of aromatic amines is 2. The van der Waals surface area contributed by atoms with Crippen LogP contribution in [-0.4, -0.2) is 25.0 Å². The molecule has 4 aromatic rings. The molecule has 0 amide bonds. The Balaban J connectivity index is 1.80. The number of fused-ring (bicyclic) bond motifs is 8. The lowest BCUT2D eigenvalue weighted by molar-refractivity contribution is 0.477. The number of hydrogen-bond donors (Lipinski definition) is 3. The van der Waals surface area contributed by atoms with E-state index >= 15 is 0 Å². The van der Waals surface area contributed by atoms with Gasteiger partial charge in [0.1, 0.15) is 5.75 Å². The van der Waals surface area contributed by atoms with E-state index < -0.39 is 0 Å². The highest BCUT2D eigenvalue weighted by molar-refractivity contribution is 5.96. The van der Waals surface area contributed by atoms with Crippen LogP contribution in [0.15, 0.2) is 48.5 Å². The summed E-state index contributed by atoms with van der Waals surface area (Å²) in [5, 5.41) is 10.9. The van der Waals surface area contributed by atoms with E-state index in [9.17, 15) is 5.11 Å². The summed E-state index contributed by atoms with van der Waals surface area (Å²) in [5.74, 6) is 0.249. The van der Waals surface area contributed by atoms with Gasteiger partial charge < -0.3 is 15.1 Å². The number of aromatic hydroxyl groups is 1. The number of rotatable bonds is 7. The molecule has 0 spiro atoms. The maximum Gasteiger partial charge on any atom is 0.123 e. The fraction of sp³-hybridized carbons (Fsp3) is 0.257. The average molecular weight is 529 g/mol. The Labute approximate surface area is 235 Å². The zero-order valence-corrected chi connectivity index (χ0v) is 23.5. The number of nitrogens with one attached hydrogen (secondary N) is 2. The number of nitrogens with zero attached hydrogens (tertiary/aromatic N) is 2. The summed E-state index contributed by atoms with van der Waals surface area (Å²) in [7, 11) is 0. The van der Waals surface area contributed by atoms with Gasteiger partial charge in [0.25, 0.3) is 0 Å². The van der Waals surface area contributed by atoms with E-state index in [1.165, 1.54) is 16.7 Å².